The monoisotopic (exact) mass is 318 g/mol. The van der Waals surface area contributed by atoms with Crippen LogP contribution in [0.4, 0.5) is 5.69 Å². The summed E-state index contributed by atoms with van der Waals surface area (Å²) < 4.78 is 0. The number of rotatable bonds is 3. The lowest BCUT2D eigenvalue weighted by atomic mass is 10.0. The first-order valence-corrected chi connectivity index (χ1v) is 7.64. The van der Waals surface area contributed by atoms with E-state index in [4.69, 9.17) is 23.8 Å². The molecular weight excluding hydrogens is 300 g/mol. The van der Waals surface area contributed by atoms with Gasteiger partial charge in [0.15, 0.2) is 5.11 Å². The predicted octanol–water partition coefficient (Wildman–Crippen LogP) is 5.00. The predicted molar refractivity (Wildman–Crippen MR) is 95.1 cm³/mol. The number of thiocarbonyl (C=S) groups is 1. The first-order chi connectivity index (χ1) is 9.95. The number of halogens is 1. The Labute approximate surface area is 136 Å². The van der Waals surface area contributed by atoms with Crippen LogP contribution in [0.2, 0.25) is 5.02 Å². The summed E-state index contributed by atoms with van der Waals surface area (Å²) in [5.74, 6) is 0. The molecule has 0 aliphatic carbocycles. The van der Waals surface area contributed by atoms with Crippen LogP contribution < -0.4 is 10.6 Å². The van der Waals surface area contributed by atoms with Crippen molar-refractivity contribution in [3.63, 3.8) is 0 Å². The minimum Gasteiger partial charge on any atom is -0.356 e. The van der Waals surface area contributed by atoms with Crippen molar-refractivity contribution in [2.75, 3.05) is 5.32 Å². The Morgan fingerprint density at radius 1 is 1.14 bits per heavy atom. The van der Waals surface area contributed by atoms with Crippen molar-refractivity contribution in [3.8, 4) is 0 Å². The zero-order valence-electron chi connectivity index (χ0n) is 12.4. The first kappa shape index (κ1) is 15.8. The average molecular weight is 319 g/mol. The second-order valence-electron chi connectivity index (χ2n) is 5.19. The fourth-order valence-corrected chi connectivity index (χ4v) is 2.72. The third kappa shape index (κ3) is 4.45. The highest BCUT2D eigenvalue weighted by Gasteiger charge is 2.10. The van der Waals surface area contributed by atoms with Gasteiger partial charge in [-0.1, -0.05) is 41.4 Å². The van der Waals surface area contributed by atoms with Gasteiger partial charge in [-0.3, -0.25) is 0 Å². The van der Waals surface area contributed by atoms with Crippen LogP contribution in [0, 0.1) is 13.8 Å². The molecule has 2 aromatic carbocycles. The van der Waals surface area contributed by atoms with Gasteiger partial charge in [-0.15, -0.1) is 0 Å². The Kier molecular flexibility index (Phi) is 5.21. The van der Waals surface area contributed by atoms with Gasteiger partial charge in [-0.2, -0.15) is 0 Å². The lowest BCUT2D eigenvalue weighted by Gasteiger charge is -2.19. The highest BCUT2D eigenvalue weighted by atomic mass is 35.5. The Morgan fingerprint density at radius 2 is 1.90 bits per heavy atom. The lowest BCUT2D eigenvalue weighted by molar-refractivity contribution is 0.716. The molecule has 0 aromatic heterocycles. The number of aryl methyl sites for hydroxylation is 2. The maximum absolute atomic E-state index is 5.96. The lowest BCUT2D eigenvalue weighted by Crippen LogP contribution is -2.31. The molecule has 0 amide bonds. The highest BCUT2D eigenvalue weighted by Crippen LogP contribution is 2.19. The molecule has 2 nitrogen and oxygen atoms in total. The van der Waals surface area contributed by atoms with Crippen molar-refractivity contribution >= 4 is 34.6 Å². The maximum atomic E-state index is 5.96. The van der Waals surface area contributed by atoms with E-state index in [9.17, 15) is 0 Å². The SMILES string of the molecule is Cc1ccc(C)c(C(C)NC(=S)Nc2cccc(Cl)c2)c1. The highest BCUT2D eigenvalue weighted by molar-refractivity contribution is 7.80. The van der Waals surface area contributed by atoms with Crippen molar-refractivity contribution in [2.24, 2.45) is 0 Å². The van der Waals surface area contributed by atoms with Gasteiger partial charge in [0.05, 0.1) is 6.04 Å². The molecule has 0 radical (unpaired) electrons. The molecule has 1 unspecified atom stereocenters. The van der Waals surface area contributed by atoms with E-state index in [1.54, 1.807) is 0 Å². The van der Waals surface area contributed by atoms with Gasteiger partial charge in [-0.05, 0) is 62.3 Å². The molecule has 110 valence electrons. The van der Waals surface area contributed by atoms with Crippen molar-refractivity contribution in [2.45, 2.75) is 26.8 Å². The maximum Gasteiger partial charge on any atom is 0.171 e. The smallest absolute Gasteiger partial charge is 0.171 e. The first-order valence-electron chi connectivity index (χ1n) is 6.86. The summed E-state index contributed by atoms with van der Waals surface area (Å²) in [5.41, 5.74) is 4.64. The molecule has 0 spiro atoms. The fraction of sp³-hybridized carbons (Fsp3) is 0.235. The Bertz CT molecular complexity index is 655. The van der Waals surface area contributed by atoms with E-state index in [1.807, 2.05) is 24.3 Å². The molecule has 0 saturated carbocycles. The molecule has 0 aliphatic heterocycles. The molecule has 1 atom stereocenters. The van der Waals surface area contributed by atoms with Crippen LogP contribution in [0.25, 0.3) is 0 Å². The fourth-order valence-electron chi connectivity index (χ4n) is 2.23. The van der Waals surface area contributed by atoms with Crippen LogP contribution >= 0.6 is 23.8 Å². The summed E-state index contributed by atoms with van der Waals surface area (Å²) in [7, 11) is 0. The summed E-state index contributed by atoms with van der Waals surface area (Å²) in [4.78, 5) is 0. The van der Waals surface area contributed by atoms with Gasteiger partial charge >= 0.3 is 0 Å². The third-order valence-electron chi connectivity index (χ3n) is 3.33. The van der Waals surface area contributed by atoms with Crippen molar-refractivity contribution in [3.05, 3.63) is 64.2 Å². The van der Waals surface area contributed by atoms with E-state index in [-0.39, 0.29) is 6.04 Å². The van der Waals surface area contributed by atoms with E-state index in [0.29, 0.717) is 10.1 Å². The third-order valence-corrected chi connectivity index (χ3v) is 3.79. The largest absolute Gasteiger partial charge is 0.356 e. The van der Waals surface area contributed by atoms with E-state index < -0.39 is 0 Å². The number of anilines is 1. The van der Waals surface area contributed by atoms with Crippen molar-refractivity contribution < 1.29 is 0 Å². The Hall–Kier alpha value is -1.58. The Morgan fingerprint density at radius 3 is 2.62 bits per heavy atom. The van der Waals surface area contributed by atoms with Gasteiger partial charge in [-0.25, -0.2) is 0 Å². The Balaban J connectivity index is 2.03. The molecule has 0 saturated heterocycles. The van der Waals surface area contributed by atoms with Gasteiger partial charge in [0.2, 0.25) is 0 Å². The van der Waals surface area contributed by atoms with Crippen LogP contribution in [-0.2, 0) is 0 Å². The number of hydrogen-bond donors (Lipinski definition) is 2. The molecule has 2 aromatic rings. The van der Waals surface area contributed by atoms with Gasteiger partial charge in [0.1, 0.15) is 0 Å². The molecule has 21 heavy (non-hydrogen) atoms. The van der Waals surface area contributed by atoms with Crippen LogP contribution in [-0.4, -0.2) is 5.11 Å². The standard InChI is InChI=1S/C17H19ClN2S/c1-11-7-8-12(2)16(9-11)13(3)19-17(21)20-15-6-4-5-14(18)10-15/h4-10,13H,1-3H3,(H2,19,20,21). The van der Waals surface area contributed by atoms with Gasteiger partial charge in [0, 0.05) is 10.7 Å². The molecule has 4 heteroatoms. The zero-order chi connectivity index (χ0) is 15.4. The average Bonchev–Trinajstić information content (AvgIpc) is 2.41. The minimum absolute atomic E-state index is 0.143. The van der Waals surface area contributed by atoms with Crippen LogP contribution in [0.3, 0.4) is 0 Å². The van der Waals surface area contributed by atoms with Gasteiger partial charge in [0.25, 0.3) is 0 Å². The van der Waals surface area contributed by atoms with Crippen LogP contribution in [0.1, 0.15) is 29.7 Å². The molecular formula is C17H19ClN2S. The summed E-state index contributed by atoms with van der Waals surface area (Å²) in [6.45, 7) is 6.31. The molecule has 2 N–H and O–H groups in total. The van der Waals surface area contributed by atoms with E-state index in [0.717, 1.165) is 5.69 Å². The topological polar surface area (TPSA) is 24.1 Å². The van der Waals surface area contributed by atoms with E-state index >= 15 is 0 Å². The summed E-state index contributed by atoms with van der Waals surface area (Å²) in [5, 5.41) is 7.74. The van der Waals surface area contributed by atoms with Crippen molar-refractivity contribution in [1.29, 1.82) is 0 Å². The minimum atomic E-state index is 0.143. The van der Waals surface area contributed by atoms with Crippen LogP contribution in [0.5, 0.6) is 0 Å². The van der Waals surface area contributed by atoms with E-state index in [1.165, 1.54) is 16.7 Å². The normalized spacial score (nSPS) is 11.8. The summed E-state index contributed by atoms with van der Waals surface area (Å²) >= 11 is 11.3. The summed E-state index contributed by atoms with van der Waals surface area (Å²) in [6, 6.07) is 14.1. The second kappa shape index (κ2) is 6.92. The van der Waals surface area contributed by atoms with Crippen molar-refractivity contribution in [1.82, 2.24) is 5.32 Å². The van der Waals surface area contributed by atoms with E-state index in [2.05, 4.69) is 49.6 Å². The molecule has 0 heterocycles. The quantitative estimate of drug-likeness (QED) is 0.778. The van der Waals surface area contributed by atoms with Crippen LogP contribution in [0.15, 0.2) is 42.5 Å². The molecule has 0 aliphatic rings. The number of hydrogen-bond acceptors (Lipinski definition) is 1. The van der Waals surface area contributed by atoms with Gasteiger partial charge < -0.3 is 10.6 Å². The molecule has 0 fully saturated rings. The zero-order valence-corrected chi connectivity index (χ0v) is 14.0. The molecule has 0 bridgehead atoms. The summed E-state index contributed by atoms with van der Waals surface area (Å²) in [6.07, 6.45) is 0. The number of nitrogens with one attached hydrogen (secondary N) is 2. The second-order valence-corrected chi connectivity index (χ2v) is 6.04. The number of benzene rings is 2. The molecule has 2 rings (SSSR count).